The maximum Gasteiger partial charge on any atom is 0.245 e. The molecule has 3 nitrogen and oxygen atoms in total. The Balaban J connectivity index is 1.54. The first-order valence-corrected chi connectivity index (χ1v) is 7.98. The van der Waals surface area contributed by atoms with Crippen molar-refractivity contribution in [3.05, 3.63) is 48.3 Å². The summed E-state index contributed by atoms with van der Waals surface area (Å²) >= 11 is 0. The summed E-state index contributed by atoms with van der Waals surface area (Å²) in [7, 11) is 0. The normalized spacial score (nSPS) is 21.2. The molecule has 0 unspecified atom stereocenters. The summed E-state index contributed by atoms with van der Waals surface area (Å²) in [6, 6.07) is 6.85. The van der Waals surface area contributed by atoms with E-state index in [2.05, 4.69) is 11.5 Å². The molecule has 0 bridgehead atoms. The van der Waals surface area contributed by atoms with Gasteiger partial charge in [0.2, 0.25) is 5.91 Å². The molecule has 0 aliphatic carbocycles. The molecular weight excluding hydrogens is 279 g/mol. The lowest BCUT2D eigenvalue weighted by molar-refractivity contribution is -0.125. The molecule has 1 amide bonds. The van der Waals surface area contributed by atoms with Crippen LogP contribution < -0.4 is 0 Å². The van der Waals surface area contributed by atoms with Crippen LogP contribution in [0.15, 0.2) is 36.9 Å². The maximum atomic E-state index is 13.3. The van der Waals surface area contributed by atoms with Crippen LogP contribution in [0.5, 0.6) is 0 Å². The highest BCUT2D eigenvalue weighted by Gasteiger charge is 2.41. The Morgan fingerprint density at radius 1 is 1.27 bits per heavy atom. The minimum absolute atomic E-state index is 0.0547. The average Bonchev–Trinajstić information content (AvgIpc) is 2.93. The topological polar surface area (TPSA) is 23.6 Å². The van der Waals surface area contributed by atoms with Gasteiger partial charge in [0.15, 0.2) is 0 Å². The number of benzene rings is 1. The van der Waals surface area contributed by atoms with E-state index < -0.39 is 0 Å². The Hall–Kier alpha value is -1.68. The fourth-order valence-corrected chi connectivity index (χ4v) is 3.74. The highest BCUT2D eigenvalue weighted by molar-refractivity contribution is 5.87. The molecule has 118 valence electrons. The molecule has 2 aliphatic heterocycles. The highest BCUT2D eigenvalue weighted by atomic mass is 19.1. The first kappa shape index (κ1) is 15.2. The third-order valence-electron chi connectivity index (χ3n) is 5.14. The van der Waals surface area contributed by atoms with E-state index in [9.17, 15) is 9.18 Å². The van der Waals surface area contributed by atoms with E-state index in [1.54, 1.807) is 12.1 Å². The Morgan fingerprint density at radius 3 is 2.68 bits per heavy atom. The van der Waals surface area contributed by atoms with Crippen LogP contribution >= 0.6 is 0 Å². The van der Waals surface area contributed by atoms with Crippen molar-refractivity contribution in [3.63, 3.8) is 0 Å². The van der Waals surface area contributed by atoms with Crippen LogP contribution in [0, 0.1) is 11.2 Å². The van der Waals surface area contributed by atoms with Gasteiger partial charge in [-0.2, -0.15) is 0 Å². The number of hydrogen-bond donors (Lipinski definition) is 0. The molecule has 2 heterocycles. The van der Waals surface area contributed by atoms with Crippen molar-refractivity contribution >= 4 is 5.91 Å². The second-order valence-electron chi connectivity index (χ2n) is 6.62. The molecule has 0 aromatic heterocycles. The minimum Gasteiger partial charge on any atom is -0.339 e. The van der Waals surface area contributed by atoms with Crippen LogP contribution in [0.1, 0.15) is 24.8 Å². The Labute approximate surface area is 131 Å². The third kappa shape index (κ3) is 3.22. The van der Waals surface area contributed by atoms with Crippen LogP contribution in [0.2, 0.25) is 0 Å². The Kier molecular flexibility index (Phi) is 4.30. The Bertz CT molecular complexity index is 564. The summed E-state index contributed by atoms with van der Waals surface area (Å²) in [6.07, 6.45) is 4.74. The van der Waals surface area contributed by atoms with E-state index in [4.69, 9.17) is 0 Å². The van der Waals surface area contributed by atoms with Crippen LogP contribution in [0.4, 0.5) is 4.39 Å². The molecule has 0 N–H and O–H groups in total. The molecule has 2 fully saturated rings. The number of rotatable bonds is 3. The van der Waals surface area contributed by atoms with Gasteiger partial charge in [-0.05, 0) is 61.5 Å². The number of nitrogens with zero attached hydrogens (tertiary/aromatic N) is 2. The second kappa shape index (κ2) is 6.21. The highest BCUT2D eigenvalue weighted by Crippen LogP contribution is 2.40. The van der Waals surface area contributed by atoms with Gasteiger partial charge in [-0.1, -0.05) is 18.7 Å². The van der Waals surface area contributed by atoms with Crippen molar-refractivity contribution in [2.24, 2.45) is 5.41 Å². The van der Waals surface area contributed by atoms with Crippen molar-refractivity contribution in [2.75, 3.05) is 26.2 Å². The average molecular weight is 302 g/mol. The lowest BCUT2D eigenvalue weighted by Gasteiger charge is -2.39. The molecule has 0 radical (unpaired) electrons. The van der Waals surface area contributed by atoms with Gasteiger partial charge in [0, 0.05) is 19.6 Å². The largest absolute Gasteiger partial charge is 0.339 e. The lowest BCUT2D eigenvalue weighted by Crippen LogP contribution is -2.41. The predicted molar refractivity (Wildman–Crippen MR) is 84.7 cm³/mol. The van der Waals surface area contributed by atoms with Crippen LogP contribution in [-0.2, 0) is 11.3 Å². The molecule has 4 heteroatoms. The zero-order valence-electron chi connectivity index (χ0n) is 12.9. The Morgan fingerprint density at radius 2 is 2.00 bits per heavy atom. The molecule has 2 saturated heterocycles. The van der Waals surface area contributed by atoms with Crippen molar-refractivity contribution in [1.82, 2.24) is 9.80 Å². The van der Waals surface area contributed by atoms with Gasteiger partial charge in [-0.15, -0.1) is 0 Å². The van der Waals surface area contributed by atoms with E-state index in [1.165, 1.54) is 12.1 Å². The van der Waals surface area contributed by atoms with Gasteiger partial charge in [0.1, 0.15) is 5.82 Å². The van der Waals surface area contributed by atoms with E-state index in [1.807, 2.05) is 11.0 Å². The van der Waals surface area contributed by atoms with E-state index >= 15 is 0 Å². The van der Waals surface area contributed by atoms with Crippen molar-refractivity contribution in [3.8, 4) is 0 Å². The number of carbonyl (C=O) groups is 1. The van der Waals surface area contributed by atoms with E-state index in [0.717, 1.165) is 57.5 Å². The number of likely N-dealkylation sites (tertiary alicyclic amines) is 2. The zero-order chi connectivity index (χ0) is 15.6. The number of amides is 1. The van der Waals surface area contributed by atoms with E-state index in [-0.39, 0.29) is 17.1 Å². The molecular formula is C18H23FN2O. The zero-order valence-corrected chi connectivity index (χ0v) is 12.9. The molecule has 22 heavy (non-hydrogen) atoms. The van der Waals surface area contributed by atoms with Crippen LogP contribution in [0.3, 0.4) is 0 Å². The molecule has 1 aromatic carbocycles. The summed E-state index contributed by atoms with van der Waals surface area (Å²) in [5.41, 5.74) is 1.32. The van der Waals surface area contributed by atoms with Crippen LogP contribution in [0.25, 0.3) is 0 Å². The summed E-state index contributed by atoms with van der Waals surface area (Å²) in [4.78, 5) is 16.1. The SMILES string of the molecule is C=CC(=O)N1CCC2(CCN(Cc3cccc(F)c3)CC2)C1. The van der Waals surface area contributed by atoms with Gasteiger partial charge in [0.05, 0.1) is 0 Å². The fourth-order valence-electron chi connectivity index (χ4n) is 3.74. The molecule has 3 rings (SSSR count). The third-order valence-corrected chi connectivity index (χ3v) is 5.14. The predicted octanol–water partition coefficient (Wildman–Crippen LogP) is 2.83. The molecule has 0 saturated carbocycles. The molecule has 0 atom stereocenters. The van der Waals surface area contributed by atoms with Gasteiger partial charge in [0.25, 0.3) is 0 Å². The second-order valence-corrected chi connectivity index (χ2v) is 6.62. The number of halogens is 1. The first-order chi connectivity index (χ1) is 10.6. The minimum atomic E-state index is -0.166. The lowest BCUT2D eigenvalue weighted by atomic mass is 9.77. The van der Waals surface area contributed by atoms with Crippen molar-refractivity contribution in [1.29, 1.82) is 0 Å². The number of piperidine rings is 1. The monoisotopic (exact) mass is 302 g/mol. The molecule has 2 aliphatic rings. The van der Waals surface area contributed by atoms with Gasteiger partial charge in [-0.3, -0.25) is 9.69 Å². The van der Waals surface area contributed by atoms with Crippen molar-refractivity contribution in [2.45, 2.75) is 25.8 Å². The number of hydrogen-bond acceptors (Lipinski definition) is 2. The standard InChI is InChI=1S/C18H23FN2O/c1-2-17(22)21-11-8-18(14-21)6-9-20(10-7-18)13-15-4-3-5-16(19)12-15/h2-5,12H,1,6-11,13-14H2. The summed E-state index contributed by atoms with van der Waals surface area (Å²) in [6.45, 7) is 8.15. The smallest absolute Gasteiger partial charge is 0.245 e. The van der Waals surface area contributed by atoms with Crippen LogP contribution in [-0.4, -0.2) is 41.9 Å². The number of carbonyl (C=O) groups excluding carboxylic acids is 1. The maximum absolute atomic E-state index is 13.3. The quantitative estimate of drug-likeness (QED) is 0.802. The van der Waals surface area contributed by atoms with Gasteiger partial charge < -0.3 is 4.90 Å². The summed E-state index contributed by atoms with van der Waals surface area (Å²) in [5, 5.41) is 0. The van der Waals surface area contributed by atoms with Gasteiger partial charge >= 0.3 is 0 Å². The van der Waals surface area contributed by atoms with Gasteiger partial charge in [-0.25, -0.2) is 4.39 Å². The molecule has 1 spiro atoms. The van der Waals surface area contributed by atoms with Crippen molar-refractivity contribution < 1.29 is 9.18 Å². The summed E-state index contributed by atoms with van der Waals surface area (Å²) < 4.78 is 13.3. The fraction of sp³-hybridized carbons (Fsp3) is 0.500. The molecule has 1 aromatic rings. The summed E-state index contributed by atoms with van der Waals surface area (Å²) in [5.74, 6) is -0.112. The first-order valence-electron chi connectivity index (χ1n) is 7.98. The van der Waals surface area contributed by atoms with E-state index in [0.29, 0.717) is 0 Å².